The van der Waals surface area contributed by atoms with Crippen molar-refractivity contribution in [2.24, 2.45) is 0 Å². The van der Waals surface area contributed by atoms with Gasteiger partial charge in [0.15, 0.2) is 0 Å². The fraction of sp³-hybridized carbons (Fsp3) is 1.00. The van der Waals surface area contributed by atoms with E-state index >= 15 is 0 Å². The first kappa shape index (κ1) is 16.6. The Labute approximate surface area is 80.3 Å². The Hall–Kier alpha value is 1.18. The zero-order valence-electron chi connectivity index (χ0n) is 5.96. The van der Waals surface area contributed by atoms with Gasteiger partial charge < -0.3 is 0 Å². The summed E-state index contributed by atoms with van der Waals surface area (Å²) in [5, 5.41) is 0. The van der Waals surface area contributed by atoms with Crippen LogP contribution in [0.2, 0.25) is 4.98 Å². The molecular weight excluding hydrogens is 215 g/mol. The molecule has 2 radical (unpaired) electrons. The average Bonchev–Trinajstić information content (AvgIpc) is 1.61. The molecule has 0 heterocycles. The van der Waals surface area contributed by atoms with E-state index in [1.165, 1.54) is 17.9 Å². The maximum atomic E-state index is 2.22. The molecule has 0 aromatic rings. The van der Waals surface area contributed by atoms with Crippen molar-refractivity contribution in [2.45, 2.75) is 11.4 Å². The normalized spacial score (nSPS) is 7.89. The van der Waals surface area contributed by atoms with Gasteiger partial charge >= 0.3 is 55.5 Å². The Bertz CT molecular complexity index is 43.9. The van der Waals surface area contributed by atoms with Gasteiger partial charge in [0.2, 0.25) is 0 Å². The molecule has 0 spiro atoms. The number of hydrogen-bond donors (Lipinski definition) is 0. The van der Waals surface area contributed by atoms with Crippen molar-refractivity contribution in [2.75, 3.05) is 20.6 Å². The van der Waals surface area contributed by atoms with E-state index in [0.717, 1.165) is 0 Å². The van der Waals surface area contributed by atoms with Crippen molar-refractivity contribution in [3.63, 3.8) is 0 Å². The molecule has 0 saturated heterocycles. The van der Waals surface area contributed by atoms with Crippen LogP contribution in [0.4, 0.5) is 0 Å². The zero-order chi connectivity index (χ0) is 5.70. The van der Waals surface area contributed by atoms with Crippen LogP contribution < -0.4 is 0 Å². The summed E-state index contributed by atoms with van der Waals surface area (Å²) in [6.07, 6.45) is 1.35. The van der Waals surface area contributed by atoms with E-state index in [2.05, 4.69) is 19.0 Å². The maximum Gasteiger partial charge on any atom is -0.147 e. The topological polar surface area (TPSA) is 3.24 Å². The van der Waals surface area contributed by atoms with Crippen LogP contribution in [0.25, 0.3) is 0 Å². The Morgan fingerprint density at radius 1 is 1.22 bits per heavy atom. The molecule has 56 valence electrons. The minimum absolute atomic E-state index is 0. The van der Waals surface area contributed by atoms with Crippen LogP contribution in [-0.4, -0.2) is 44.1 Å². The van der Waals surface area contributed by atoms with Gasteiger partial charge in [0.05, 0.1) is 0 Å². The number of hydrogen-bond acceptors (Lipinski definition) is 1. The van der Waals surface area contributed by atoms with E-state index in [9.17, 15) is 0 Å². The van der Waals surface area contributed by atoms with Crippen molar-refractivity contribution >= 4 is 43.4 Å². The molecule has 0 aliphatic rings. The summed E-state index contributed by atoms with van der Waals surface area (Å²) in [6.45, 7) is 1.25. The molecule has 0 aliphatic heterocycles. The molecule has 0 aromatic heterocycles. The van der Waals surface area contributed by atoms with Crippen LogP contribution in [0.3, 0.4) is 0 Å². The number of halogens is 2. The Kier molecular flexibility index (Phi) is 22.0. The number of nitrogens with zero attached hydrogens (tertiary/aromatic N) is 1. The van der Waals surface area contributed by atoms with E-state index in [4.69, 9.17) is 0 Å². The molecule has 0 aliphatic carbocycles. The third-order valence-corrected chi connectivity index (χ3v) is 1.67. The van der Waals surface area contributed by atoms with Crippen molar-refractivity contribution in [1.82, 2.24) is 4.90 Å². The van der Waals surface area contributed by atoms with E-state index in [1.807, 2.05) is 18.6 Å². The molecule has 0 atom stereocenters. The van der Waals surface area contributed by atoms with E-state index < -0.39 is 0 Å². The molecule has 0 bridgehead atoms. The van der Waals surface area contributed by atoms with Crippen molar-refractivity contribution in [3.05, 3.63) is 0 Å². The van der Waals surface area contributed by atoms with Gasteiger partial charge in [-0.25, -0.2) is 0 Å². The summed E-state index contributed by atoms with van der Waals surface area (Å²) in [7, 11) is 4.23. The summed E-state index contributed by atoms with van der Waals surface area (Å²) >= 11 is 1.83. The maximum absolute atomic E-state index is 2.22. The molecule has 0 amide bonds. The van der Waals surface area contributed by atoms with Crippen LogP contribution in [0.1, 0.15) is 6.42 Å². The van der Waals surface area contributed by atoms with Crippen LogP contribution in [-0.2, 0) is 0 Å². The second kappa shape index (κ2) is 11.9. The third kappa shape index (κ3) is 17.6. The Morgan fingerprint density at radius 3 is 1.78 bits per heavy atom. The monoisotopic (exact) mass is 227 g/mol. The SMILES string of the molecule is CN(C)CC[CH2][Ga].Cl.Cl. The molecule has 1 nitrogen and oxygen atoms in total. The van der Waals surface area contributed by atoms with Gasteiger partial charge in [-0.2, -0.15) is 0 Å². The minimum Gasteiger partial charge on any atom is -0.147 e. The van der Waals surface area contributed by atoms with Crippen molar-refractivity contribution in [1.29, 1.82) is 0 Å². The first-order valence-electron chi connectivity index (χ1n) is 2.62. The second-order valence-electron chi connectivity index (χ2n) is 1.95. The molecule has 0 rings (SSSR count). The summed E-state index contributed by atoms with van der Waals surface area (Å²) < 4.78 is 0. The zero-order valence-corrected chi connectivity index (χ0v) is 10.0. The second-order valence-corrected chi connectivity index (χ2v) is 3.16. The van der Waals surface area contributed by atoms with Crippen LogP contribution >= 0.6 is 24.8 Å². The van der Waals surface area contributed by atoms with Crippen LogP contribution in [0.5, 0.6) is 0 Å². The summed E-state index contributed by atoms with van der Waals surface area (Å²) in [4.78, 5) is 3.59. The van der Waals surface area contributed by atoms with Crippen LogP contribution in [0.15, 0.2) is 0 Å². The van der Waals surface area contributed by atoms with Gasteiger partial charge in [-0.1, -0.05) is 0 Å². The quantitative estimate of drug-likeness (QED) is 0.660. The Balaban J connectivity index is -0.000000180. The minimum atomic E-state index is 0. The standard InChI is InChI=1S/C5H12N.2ClH.Ga/c1-4-5-6(2)3;;;/h1,4-5H2,2-3H3;2*1H;. The summed E-state index contributed by atoms with van der Waals surface area (Å²) in [5.41, 5.74) is 0. The van der Waals surface area contributed by atoms with Gasteiger partial charge in [-0.15, -0.1) is 24.8 Å². The smallest absolute Gasteiger partial charge is 0.147 e. The molecule has 9 heavy (non-hydrogen) atoms. The summed E-state index contributed by atoms with van der Waals surface area (Å²) in [6, 6.07) is 0. The van der Waals surface area contributed by atoms with Gasteiger partial charge in [-0.05, 0) is 0 Å². The Morgan fingerprint density at radius 2 is 1.67 bits per heavy atom. The molecule has 0 fully saturated rings. The fourth-order valence-electron chi connectivity index (χ4n) is 0.408. The predicted molar refractivity (Wildman–Crippen MR) is 48.2 cm³/mol. The van der Waals surface area contributed by atoms with Gasteiger partial charge in [0, 0.05) is 0 Å². The predicted octanol–water partition coefficient (Wildman–Crippen LogP) is 1.37. The van der Waals surface area contributed by atoms with Crippen LogP contribution in [0, 0.1) is 0 Å². The first-order chi connectivity index (χ1) is 3.27. The van der Waals surface area contributed by atoms with Gasteiger partial charge in [-0.3, -0.25) is 0 Å². The first-order valence-corrected chi connectivity index (χ1v) is 4.33. The molecule has 0 aromatic carbocycles. The molecule has 0 unspecified atom stereocenters. The van der Waals surface area contributed by atoms with Crippen molar-refractivity contribution < 1.29 is 0 Å². The summed E-state index contributed by atoms with van der Waals surface area (Å²) in [5.74, 6) is 0. The average molecular weight is 229 g/mol. The fourth-order valence-corrected chi connectivity index (χ4v) is 0.791. The van der Waals surface area contributed by atoms with E-state index in [0.29, 0.717) is 0 Å². The van der Waals surface area contributed by atoms with E-state index in [1.54, 1.807) is 0 Å². The molecular formula is C5H14Cl2GaN. The largest absolute Gasteiger partial charge is 0.147 e. The third-order valence-electron chi connectivity index (χ3n) is 0.809. The number of rotatable bonds is 3. The van der Waals surface area contributed by atoms with Gasteiger partial charge in [0.25, 0.3) is 0 Å². The molecule has 4 heteroatoms. The molecule has 0 N–H and O–H groups in total. The van der Waals surface area contributed by atoms with Crippen molar-refractivity contribution in [3.8, 4) is 0 Å². The van der Waals surface area contributed by atoms with E-state index in [-0.39, 0.29) is 24.8 Å². The van der Waals surface area contributed by atoms with Gasteiger partial charge in [0.1, 0.15) is 0 Å². The molecule has 0 saturated carbocycles.